The molecule has 2 fully saturated rings. The highest BCUT2D eigenvalue weighted by atomic mass is 16.2. The van der Waals surface area contributed by atoms with E-state index in [1.165, 1.54) is 19.4 Å². The number of fused-ring (bicyclic) bond motifs is 1. The van der Waals surface area contributed by atoms with E-state index in [0.717, 1.165) is 13.1 Å². The van der Waals surface area contributed by atoms with Gasteiger partial charge < -0.3 is 9.80 Å². The Bertz CT molecular complexity index is 329. The largest absolute Gasteiger partial charge is 0.325 e. The van der Waals surface area contributed by atoms with Crippen LogP contribution >= 0.6 is 0 Å². The lowest BCUT2D eigenvalue weighted by atomic mass is 9.91. The second-order valence-corrected chi connectivity index (χ2v) is 6.69. The third-order valence-corrected chi connectivity index (χ3v) is 4.83. The van der Waals surface area contributed by atoms with Gasteiger partial charge in [0, 0.05) is 38.3 Å². The van der Waals surface area contributed by atoms with Crippen molar-refractivity contribution in [1.82, 2.24) is 14.7 Å². The van der Waals surface area contributed by atoms with Crippen molar-refractivity contribution in [3.05, 3.63) is 0 Å². The molecule has 0 bridgehead atoms. The molecule has 0 spiro atoms. The van der Waals surface area contributed by atoms with Crippen LogP contribution in [0.1, 0.15) is 40.5 Å². The average Bonchev–Trinajstić information content (AvgIpc) is 2.79. The average molecular weight is 267 g/mol. The minimum atomic E-state index is 0.202. The van der Waals surface area contributed by atoms with Crippen molar-refractivity contribution in [2.24, 2.45) is 5.92 Å². The standard InChI is InChI=1S/C15H29N3O/c1-11(2)16(5)15(19)17-9-13-7-6-8-18(12(3)4)14(13)10-17/h11-14H,6-10H2,1-5H3. The molecule has 0 radical (unpaired) electrons. The molecule has 4 nitrogen and oxygen atoms in total. The maximum Gasteiger partial charge on any atom is 0.320 e. The molecule has 19 heavy (non-hydrogen) atoms. The summed E-state index contributed by atoms with van der Waals surface area (Å²) in [4.78, 5) is 19.0. The first-order chi connectivity index (χ1) is 8.91. The van der Waals surface area contributed by atoms with E-state index in [-0.39, 0.29) is 12.1 Å². The van der Waals surface area contributed by atoms with Crippen molar-refractivity contribution in [3.8, 4) is 0 Å². The molecule has 4 heteroatoms. The maximum atomic E-state index is 12.4. The summed E-state index contributed by atoms with van der Waals surface area (Å²) in [6, 6.07) is 1.65. The summed E-state index contributed by atoms with van der Waals surface area (Å²) in [5, 5.41) is 0. The van der Waals surface area contributed by atoms with Crippen LogP contribution in [0.15, 0.2) is 0 Å². The predicted molar refractivity (Wildman–Crippen MR) is 78.2 cm³/mol. The van der Waals surface area contributed by atoms with E-state index < -0.39 is 0 Å². The normalized spacial score (nSPS) is 28.1. The molecule has 2 aliphatic heterocycles. The minimum absolute atomic E-state index is 0.202. The molecule has 2 rings (SSSR count). The van der Waals surface area contributed by atoms with E-state index in [1.807, 2.05) is 11.9 Å². The minimum Gasteiger partial charge on any atom is -0.325 e. The summed E-state index contributed by atoms with van der Waals surface area (Å²) >= 11 is 0. The highest BCUT2D eigenvalue weighted by Crippen LogP contribution is 2.32. The lowest BCUT2D eigenvalue weighted by Gasteiger charge is -2.39. The molecule has 2 aliphatic rings. The van der Waals surface area contributed by atoms with Gasteiger partial charge in [0.1, 0.15) is 0 Å². The van der Waals surface area contributed by atoms with Gasteiger partial charge in [-0.2, -0.15) is 0 Å². The number of piperidine rings is 1. The molecule has 0 aromatic rings. The third-order valence-electron chi connectivity index (χ3n) is 4.83. The van der Waals surface area contributed by atoms with Crippen LogP contribution in [0.2, 0.25) is 0 Å². The summed E-state index contributed by atoms with van der Waals surface area (Å²) < 4.78 is 0. The number of urea groups is 1. The van der Waals surface area contributed by atoms with Gasteiger partial charge in [-0.05, 0) is 53.0 Å². The second-order valence-electron chi connectivity index (χ2n) is 6.69. The van der Waals surface area contributed by atoms with Crippen molar-refractivity contribution in [3.63, 3.8) is 0 Å². The Morgan fingerprint density at radius 1 is 1.21 bits per heavy atom. The lowest BCUT2D eigenvalue weighted by Crippen LogP contribution is -2.49. The van der Waals surface area contributed by atoms with E-state index in [2.05, 4.69) is 37.5 Å². The topological polar surface area (TPSA) is 26.8 Å². The molecule has 0 aromatic heterocycles. The lowest BCUT2D eigenvalue weighted by molar-refractivity contribution is 0.0909. The molecule has 0 N–H and O–H groups in total. The van der Waals surface area contributed by atoms with Crippen molar-refractivity contribution in [2.45, 2.75) is 58.7 Å². The molecule has 2 heterocycles. The summed E-state index contributed by atoms with van der Waals surface area (Å²) in [6.45, 7) is 11.7. The molecule has 0 saturated carbocycles. The van der Waals surface area contributed by atoms with Crippen molar-refractivity contribution in [1.29, 1.82) is 0 Å². The monoisotopic (exact) mass is 267 g/mol. The van der Waals surface area contributed by atoms with Crippen LogP contribution in [0.5, 0.6) is 0 Å². The molecular formula is C15H29N3O. The fourth-order valence-electron chi connectivity index (χ4n) is 3.46. The number of carbonyl (C=O) groups excluding carboxylic acids is 1. The molecule has 2 saturated heterocycles. The van der Waals surface area contributed by atoms with Gasteiger partial charge in [-0.1, -0.05) is 0 Å². The number of rotatable bonds is 2. The number of nitrogens with zero attached hydrogens (tertiary/aromatic N) is 3. The molecule has 110 valence electrons. The molecule has 2 atom stereocenters. The quantitative estimate of drug-likeness (QED) is 0.767. The number of hydrogen-bond donors (Lipinski definition) is 0. The van der Waals surface area contributed by atoms with Gasteiger partial charge in [0.25, 0.3) is 0 Å². The first-order valence-corrected chi connectivity index (χ1v) is 7.69. The Hall–Kier alpha value is -0.770. The van der Waals surface area contributed by atoms with Crippen LogP contribution in [0.4, 0.5) is 4.79 Å². The first-order valence-electron chi connectivity index (χ1n) is 7.69. The molecule has 0 aliphatic carbocycles. The first kappa shape index (κ1) is 14.6. The number of hydrogen-bond acceptors (Lipinski definition) is 2. The summed E-state index contributed by atoms with van der Waals surface area (Å²) in [7, 11) is 1.91. The van der Waals surface area contributed by atoms with Crippen molar-refractivity contribution in [2.75, 3.05) is 26.7 Å². The Kier molecular flexibility index (Phi) is 4.39. The van der Waals surface area contributed by atoms with Gasteiger partial charge in [-0.25, -0.2) is 4.79 Å². The Balaban J connectivity index is 2.03. The fourth-order valence-corrected chi connectivity index (χ4v) is 3.46. The zero-order valence-corrected chi connectivity index (χ0v) is 13.1. The zero-order chi connectivity index (χ0) is 14.2. The third kappa shape index (κ3) is 2.88. The summed E-state index contributed by atoms with van der Waals surface area (Å²) in [5.41, 5.74) is 0. The van der Waals surface area contributed by atoms with Gasteiger partial charge in [0.15, 0.2) is 0 Å². The van der Waals surface area contributed by atoms with Crippen molar-refractivity contribution < 1.29 is 4.79 Å². The van der Waals surface area contributed by atoms with Crippen molar-refractivity contribution >= 4 is 6.03 Å². The maximum absolute atomic E-state index is 12.4. The van der Waals surface area contributed by atoms with Crippen LogP contribution in [-0.2, 0) is 0 Å². The van der Waals surface area contributed by atoms with Gasteiger partial charge >= 0.3 is 6.03 Å². The van der Waals surface area contributed by atoms with Crippen LogP contribution in [0.25, 0.3) is 0 Å². The Morgan fingerprint density at radius 2 is 1.89 bits per heavy atom. The SMILES string of the molecule is CC(C)N(C)C(=O)N1CC2CCCN(C(C)C)C2C1. The van der Waals surface area contributed by atoms with E-state index in [0.29, 0.717) is 18.0 Å². The van der Waals surface area contributed by atoms with Gasteiger partial charge in [0.05, 0.1) is 0 Å². The molecule has 2 unspecified atom stereocenters. The molecule has 0 aromatic carbocycles. The van der Waals surface area contributed by atoms with Crippen LogP contribution in [0.3, 0.4) is 0 Å². The zero-order valence-electron chi connectivity index (χ0n) is 13.1. The predicted octanol–water partition coefficient (Wildman–Crippen LogP) is 2.25. The van der Waals surface area contributed by atoms with E-state index in [9.17, 15) is 4.79 Å². The highest BCUT2D eigenvalue weighted by Gasteiger charge is 2.42. The van der Waals surface area contributed by atoms with Crippen LogP contribution < -0.4 is 0 Å². The number of carbonyl (C=O) groups is 1. The van der Waals surface area contributed by atoms with Crippen LogP contribution in [-0.4, -0.2) is 65.5 Å². The summed E-state index contributed by atoms with van der Waals surface area (Å²) in [5.74, 6) is 0.681. The summed E-state index contributed by atoms with van der Waals surface area (Å²) in [6.07, 6.45) is 2.56. The fraction of sp³-hybridized carbons (Fsp3) is 0.933. The van der Waals surface area contributed by atoms with E-state index in [1.54, 1.807) is 0 Å². The van der Waals surface area contributed by atoms with Gasteiger partial charge in [-0.15, -0.1) is 0 Å². The molecule has 2 amide bonds. The van der Waals surface area contributed by atoms with Gasteiger partial charge in [0.2, 0.25) is 0 Å². The van der Waals surface area contributed by atoms with E-state index in [4.69, 9.17) is 0 Å². The van der Waals surface area contributed by atoms with Crippen LogP contribution in [0, 0.1) is 5.92 Å². The number of amides is 2. The Morgan fingerprint density at radius 3 is 2.47 bits per heavy atom. The Labute approximate surface area is 117 Å². The van der Waals surface area contributed by atoms with E-state index >= 15 is 0 Å². The second kappa shape index (κ2) is 5.70. The molecular weight excluding hydrogens is 238 g/mol. The number of likely N-dealkylation sites (tertiary alicyclic amines) is 2. The smallest absolute Gasteiger partial charge is 0.320 e. The highest BCUT2D eigenvalue weighted by molar-refractivity contribution is 5.74. The van der Waals surface area contributed by atoms with Gasteiger partial charge in [-0.3, -0.25) is 4.90 Å².